The minimum Gasteiger partial charge on any atom is 0 e. The van der Waals surface area contributed by atoms with E-state index in [1.165, 1.54) is 0 Å². The molecule has 0 aliphatic rings. The van der Waals surface area contributed by atoms with Gasteiger partial charge in [0.2, 0.25) is 0 Å². The normalized spacial score (nSPS) is 1.25. The van der Waals surface area contributed by atoms with E-state index in [0.29, 0.717) is 0 Å². The first-order valence-electron chi connectivity index (χ1n) is 0.144. The van der Waals surface area contributed by atoms with Gasteiger partial charge < -0.3 is 0 Å². The molecule has 0 unspecified atom stereocenters. The van der Waals surface area contributed by atoms with Crippen LogP contribution in [0.3, 0.4) is 0 Å². The molecule has 0 aromatic rings. The van der Waals surface area contributed by atoms with Crippen LogP contribution in [0.1, 0.15) is 0 Å². The first-order valence-corrected chi connectivity index (χ1v) is 0.854. The molecular formula is BaORuSr. The smallest absolute Gasteiger partial charge is 0 e. The van der Waals surface area contributed by atoms with Crippen LogP contribution in [0.15, 0.2) is 0 Å². The van der Waals surface area contributed by atoms with Crippen molar-refractivity contribution in [2.45, 2.75) is 0 Å². The van der Waals surface area contributed by atoms with Gasteiger partial charge in [-0.1, -0.05) is 0 Å². The van der Waals surface area contributed by atoms with Crippen LogP contribution in [0.4, 0.5) is 0 Å². The predicted octanol–water partition coefficient (Wildman–Crippen LogP) is -0.883. The van der Waals surface area contributed by atoms with E-state index in [2.05, 4.69) is 0 Å². The number of hydrogen-bond donors (Lipinski definition) is 0. The molecule has 0 aromatic heterocycles. The van der Waals surface area contributed by atoms with Crippen molar-refractivity contribution in [1.29, 1.82) is 0 Å². The number of hydrogen-bond acceptors (Lipinski definition) is 1. The third kappa shape index (κ3) is 9.08. The summed E-state index contributed by atoms with van der Waals surface area (Å²) in [5.74, 6) is 0. The summed E-state index contributed by atoms with van der Waals surface area (Å²) >= 11 is 1.10. The van der Waals surface area contributed by atoms with Gasteiger partial charge in [0.1, 0.15) is 0 Å². The van der Waals surface area contributed by atoms with E-state index >= 15 is 0 Å². The van der Waals surface area contributed by atoms with Gasteiger partial charge in [0.25, 0.3) is 0 Å². The molecule has 0 aliphatic carbocycles. The first kappa shape index (κ1) is 15.6. The van der Waals surface area contributed by atoms with E-state index in [-0.39, 0.29) is 94.4 Å². The van der Waals surface area contributed by atoms with Gasteiger partial charge in [-0.25, -0.2) is 0 Å². The average Bonchev–Trinajstić information content (AvgIpc) is 1.00. The molecule has 0 atom stereocenters. The summed E-state index contributed by atoms with van der Waals surface area (Å²) in [5.41, 5.74) is 0. The van der Waals surface area contributed by atoms with Crippen molar-refractivity contribution in [1.82, 2.24) is 0 Å². The fourth-order valence-corrected chi connectivity index (χ4v) is 0. The summed E-state index contributed by atoms with van der Waals surface area (Å²) in [7, 11) is 0. The molecule has 0 aromatic carbocycles. The predicted molar refractivity (Wildman–Crippen MR) is 12.2 cm³/mol. The van der Waals surface area contributed by atoms with Gasteiger partial charge in [0.05, 0.1) is 0 Å². The summed E-state index contributed by atoms with van der Waals surface area (Å²) in [4.78, 5) is 0. The van der Waals surface area contributed by atoms with Gasteiger partial charge in [-0.05, 0) is 0 Å². The molecule has 0 fully saturated rings. The van der Waals surface area contributed by atoms with Gasteiger partial charge >= 0.3 is 21.8 Å². The van der Waals surface area contributed by atoms with Crippen LogP contribution in [0.25, 0.3) is 0 Å². The van der Waals surface area contributed by atoms with Gasteiger partial charge in [-0.2, -0.15) is 0 Å². The molecule has 0 amide bonds. The molecule has 4 heavy (non-hydrogen) atoms. The maximum atomic E-state index is 8.18. The van der Waals surface area contributed by atoms with Crippen LogP contribution in [0, 0.1) is 0 Å². The van der Waals surface area contributed by atoms with Gasteiger partial charge in [-0.15, -0.1) is 0 Å². The average molecular weight is 342 g/mol. The Morgan fingerprint density at radius 1 is 1.25 bits per heavy atom. The van der Waals surface area contributed by atoms with Crippen molar-refractivity contribution >= 4 is 94.4 Å². The first-order chi connectivity index (χ1) is 1.00. The topological polar surface area (TPSA) is 17.1 Å². The van der Waals surface area contributed by atoms with E-state index < -0.39 is 0 Å². The monoisotopic (exact) mass is 344 g/mol. The van der Waals surface area contributed by atoms with E-state index in [4.69, 9.17) is 3.57 Å². The van der Waals surface area contributed by atoms with Crippen LogP contribution < -0.4 is 0 Å². The molecule has 0 rings (SSSR count). The quantitative estimate of drug-likeness (QED) is 0.523. The van der Waals surface area contributed by atoms with Crippen molar-refractivity contribution in [2.75, 3.05) is 0 Å². The van der Waals surface area contributed by atoms with Crippen LogP contribution in [0.2, 0.25) is 0 Å². The Balaban J connectivity index is -0.00000000500. The van der Waals surface area contributed by atoms with Crippen molar-refractivity contribution in [2.24, 2.45) is 0 Å². The Morgan fingerprint density at radius 3 is 1.25 bits per heavy atom. The van der Waals surface area contributed by atoms with E-state index in [0.717, 1.165) is 18.3 Å². The van der Waals surface area contributed by atoms with E-state index in [9.17, 15) is 0 Å². The fourth-order valence-electron chi connectivity index (χ4n) is 0. The van der Waals surface area contributed by atoms with Gasteiger partial charge in [0.15, 0.2) is 0 Å². The Morgan fingerprint density at radius 2 is 1.25 bits per heavy atom. The van der Waals surface area contributed by atoms with Crippen LogP contribution in [-0.2, 0) is 21.8 Å². The van der Waals surface area contributed by atoms with Crippen molar-refractivity contribution < 1.29 is 21.8 Å². The summed E-state index contributed by atoms with van der Waals surface area (Å²) in [6.45, 7) is 0. The SMILES string of the molecule is [Ba].[O]=[Ru].[Sr]. The Kier molecular flexibility index (Phi) is 62.9. The molecule has 0 bridgehead atoms. The second-order valence-electron chi connectivity index (χ2n) is 0. The van der Waals surface area contributed by atoms with Gasteiger partial charge in [-0.3, -0.25) is 0 Å². The van der Waals surface area contributed by atoms with Gasteiger partial charge in [0, 0.05) is 94.4 Å². The molecule has 0 aliphatic heterocycles. The van der Waals surface area contributed by atoms with Crippen LogP contribution in [-0.4, -0.2) is 94.4 Å². The molecule has 0 heterocycles. The van der Waals surface area contributed by atoms with Crippen LogP contribution in [0.5, 0.6) is 0 Å². The molecule has 0 N–H and O–H groups in total. The minimum atomic E-state index is 0. The summed E-state index contributed by atoms with van der Waals surface area (Å²) in [5, 5.41) is 0. The Hall–Kier alpha value is 3.48. The van der Waals surface area contributed by atoms with E-state index in [1.54, 1.807) is 0 Å². The fraction of sp³-hybridized carbons (Fsp3) is 0. The summed E-state index contributed by atoms with van der Waals surface area (Å²) < 4.78 is 8.18. The standard InChI is InChI=1S/Ba.O.Ru.Sr. The molecule has 4 radical (unpaired) electrons. The molecule has 0 saturated carbocycles. The zero-order valence-corrected chi connectivity index (χ0v) is 11.8. The third-order valence-electron chi connectivity index (χ3n) is 0. The second-order valence-corrected chi connectivity index (χ2v) is 0. The van der Waals surface area contributed by atoms with Crippen molar-refractivity contribution in [3.8, 4) is 0 Å². The number of rotatable bonds is 0. The third-order valence-corrected chi connectivity index (χ3v) is 0. The molecular weight excluding hydrogens is 342 g/mol. The molecule has 4 heteroatoms. The van der Waals surface area contributed by atoms with Crippen molar-refractivity contribution in [3.63, 3.8) is 0 Å². The molecule has 1 nitrogen and oxygen atoms in total. The summed E-state index contributed by atoms with van der Waals surface area (Å²) in [6.07, 6.45) is 0. The summed E-state index contributed by atoms with van der Waals surface area (Å²) in [6, 6.07) is 0. The molecule has 0 saturated heterocycles. The maximum Gasteiger partial charge on any atom is 0 e. The van der Waals surface area contributed by atoms with Crippen LogP contribution >= 0.6 is 0 Å². The minimum absolute atomic E-state index is 0. The maximum absolute atomic E-state index is 8.18. The second kappa shape index (κ2) is 16.1. The largest absolute Gasteiger partial charge is 0 e. The zero-order valence-electron chi connectivity index (χ0n) is 2.18. The molecule has 0 spiro atoms. The Labute approximate surface area is 113 Å². The van der Waals surface area contributed by atoms with E-state index in [1.807, 2.05) is 0 Å². The zero-order chi connectivity index (χ0) is 2.00. The Bertz CT molecular complexity index is 8.00. The van der Waals surface area contributed by atoms with Crippen molar-refractivity contribution in [3.05, 3.63) is 0 Å². The molecule has 18 valence electrons.